The number of carboxylic acids is 1. The minimum Gasteiger partial charge on any atom is -0.476 e. The van der Waals surface area contributed by atoms with E-state index in [2.05, 4.69) is 21.0 Å². The Balaban J connectivity index is 2.21. The highest BCUT2D eigenvalue weighted by Gasteiger charge is 2.27. The summed E-state index contributed by atoms with van der Waals surface area (Å²) < 4.78 is 2.71. The lowest BCUT2D eigenvalue weighted by Crippen LogP contribution is -2.05. The van der Waals surface area contributed by atoms with Crippen molar-refractivity contribution in [2.24, 2.45) is 0 Å². The van der Waals surface area contributed by atoms with Gasteiger partial charge in [-0.15, -0.1) is 0 Å². The third-order valence-corrected chi connectivity index (χ3v) is 4.10. The fraction of sp³-hybridized carbons (Fsp3) is 0.286. The second-order valence-corrected chi connectivity index (χ2v) is 5.65. The van der Waals surface area contributed by atoms with Crippen molar-refractivity contribution >= 4 is 21.9 Å². The van der Waals surface area contributed by atoms with Crippen LogP contribution in [0.5, 0.6) is 0 Å². The summed E-state index contributed by atoms with van der Waals surface area (Å²) in [5, 5.41) is 13.5. The Morgan fingerprint density at radius 2 is 2.21 bits per heavy atom. The van der Waals surface area contributed by atoms with Crippen LogP contribution in [0, 0.1) is 6.92 Å². The van der Waals surface area contributed by atoms with Crippen molar-refractivity contribution in [1.82, 2.24) is 9.78 Å². The van der Waals surface area contributed by atoms with Gasteiger partial charge in [-0.05, 0) is 59.8 Å². The van der Waals surface area contributed by atoms with Crippen LogP contribution < -0.4 is 0 Å². The Kier molecular flexibility index (Phi) is 2.93. The van der Waals surface area contributed by atoms with E-state index in [1.807, 2.05) is 25.1 Å². The number of hydrogen-bond donors (Lipinski definition) is 1. The quantitative estimate of drug-likeness (QED) is 0.924. The molecule has 1 aliphatic rings. The molecule has 0 atom stereocenters. The molecule has 5 heteroatoms. The normalized spacial score (nSPS) is 13.6. The predicted octanol–water partition coefficient (Wildman–Crippen LogP) is 3.13. The molecular formula is C14H13BrN2O2. The van der Waals surface area contributed by atoms with Crippen molar-refractivity contribution in [3.05, 3.63) is 45.2 Å². The molecule has 0 aliphatic heterocycles. The van der Waals surface area contributed by atoms with E-state index in [0.29, 0.717) is 0 Å². The summed E-state index contributed by atoms with van der Waals surface area (Å²) in [7, 11) is 0. The molecular weight excluding hydrogens is 308 g/mol. The number of fused-ring (bicyclic) bond motifs is 1. The molecule has 2 aromatic rings. The number of carboxylic acid groups (broad SMARTS) is 1. The smallest absolute Gasteiger partial charge is 0.356 e. The number of carbonyl (C=O) groups is 1. The van der Waals surface area contributed by atoms with Crippen molar-refractivity contribution in [1.29, 1.82) is 0 Å². The van der Waals surface area contributed by atoms with E-state index in [-0.39, 0.29) is 5.69 Å². The summed E-state index contributed by atoms with van der Waals surface area (Å²) in [5.74, 6) is -0.944. The molecule has 1 heterocycles. The van der Waals surface area contributed by atoms with Crippen LogP contribution in [0.3, 0.4) is 0 Å². The van der Waals surface area contributed by atoms with E-state index in [9.17, 15) is 9.90 Å². The highest BCUT2D eigenvalue weighted by molar-refractivity contribution is 9.10. The fourth-order valence-corrected chi connectivity index (χ4v) is 3.25. The lowest BCUT2D eigenvalue weighted by atomic mass is 10.2. The SMILES string of the molecule is Cc1ccc(-n2nc(C(=O)O)c3c2CCC3)c(Br)c1. The van der Waals surface area contributed by atoms with E-state index in [4.69, 9.17) is 0 Å². The van der Waals surface area contributed by atoms with E-state index in [1.54, 1.807) is 4.68 Å². The first kappa shape index (κ1) is 12.4. The third kappa shape index (κ3) is 1.98. The maximum Gasteiger partial charge on any atom is 0.356 e. The van der Waals surface area contributed by atoms with E-state index < -0.39 is 5.97 Å². The standard InChI is InChI=1S/C14H13BrN2O2/c1-8-5-6-12(10(15)7-8)17-11-4-2-3-9(11)13(16-17)14(18)19/h5-7H,2-4H2,1H3,(H,18,19). The molecule has 0 unspecified atom stereocenters. The molecule has 0 saturated heterocycles. The Labute approximate surface area is 119 Å². The molecule has 1 aromatic heterocycles. The first-order valence-corrected chi connectivity index (χ1v) is 6.98. The second kappa shape index (κ2) is 4.49. The molecule has 4 nitrogen and oxygen atoms in total. The van der Waals surface area contributed by atoms with Crippen LogP contribution in [0.15, 0.2) is 22.7 Å². The molecule has 0 radical (unpaired) electrons. The van der Waals surface area contributed by atoms with Gasteiger partial charge in [0.2, 0.25) is 0 Å². The summed E-state index contributed by atoms with van der Waals surface area (Å²) in [5.41, 5.74) is 4.16. The summed E-state index contributed by atoms with van der Waals surface area (Å²) >= 11 is 3.53. The zero-order valence-corrected chi connectivity index (χ0v) is 12.1. The largest absolute Gasteiger partial charge is 0.476 e. The summed E-state index contributed by atoms with van der Waals surface area (Å²) in [6, 6.07) is 5.99. The van der Waals surface area contributed by atoms with Crippen LogP contribution in [0.4, 0.5) is 0 Å². The summed E-state index contributed by atoms with van der Waals surface area (Å²) in [4.78, 5) is 11.3. The fourth-order valence-electron chi connectivity index (χ4n) is 2.59. The van der Waals surface area contributed by atoms with Crippen LogP contribution in [0.25, 0.3) is 5.69 Å². The highest BCUT2D eigenvalue weighted by atomic mass is 79.9. The molecule has 19 heavy (non-hydrogen) atoms. The van der Waals surface area contributed by atoms with Gasteiger partial charge in [-0.25, -0.2) is 9.48 Å². The lowest BCUT2D eigenvalue weighted by molar-refractivity contribution is 0.0689. The number of aromatic carboxylic acids is 1. The van der Waals surface area contributed by atoms with Crippen molar-refractivity contribution in [2.45, 2.75) is 26.2 Å². The molecule has 3 rings (SSSR count). The maximum absolute atomic E-state index is 11.3. The number of aromatic nitrogens is 2. The first-order valence-electron chi connectivity index (χ1n) is 6.18. The van der Waals surface area contributed by atoms with Gasteiger partial charge in [0.1, 0.15) is 0 Å². The molecule has 1 aromatic carbocycles. The Bertz CT molecular complexity index is 676. The van der Waals surface area contributed by atoms with Crippen LogP contribution in [0.1, 0.15) is 33.7 Å². The van der Waals surface area contributed by atoms with Crippen molar-refractivity contribution in [3.63, 3.8) is 0 Å². The van der Waals surface area contributed by atoms with E-state index >= 15 is 0 Å². The monoisotopic (exact) mass is 320 g/mol. The number of benzene rings is 1. The van der Waals surface area contributed by atoms with Crippen LogP contribution >= 0.6 is 15.9 Å². The lowest BCUT2D eigenvalue weighted by Gasteiger charge is -2.08. The zero-order chi connectivity index (χ0) is 13.6. The highest BCUT2D eigenvalue weighted by Crippen LogP contribution is 2.30. The number of nitrogens with zero attached hydrogens (tertiary/aromatic N) is 2. The molecule has 1 aliphatic carbocycles. The van der Waals surface area contributed by atoms with Gasteiger partial charge in [-0.3, -0.25) is 0 Å². The van der Waals surface area contributed by atoms with Crippen molar-refractivity contribution < 1.29 is 9.90 Å². The van der Waals surface area contributed by atoms with E-state index in [0.717, 1.165) is 46.2 Å². The van der Waals surface area contributed by atoms with Crippen LogP contribution in [0.2, 0.25) is 0 Å². The Morgan fingerprint density at radius 3 is 2.89 bits per heavy atom. The summed E-state index contributed by atoms with van der Waals surface area (Å²) in [6.45, 7) is 2.02. The van der Waals surface area contributed by atoms with Gasteiger partial charge in [0, 0.05) is 15.7 Å². The number of rotatable bonds is 2. The molecule has 98 valence electrons. The molecule has 1 N–H and O–H groups in total. The minimum absolute atomic E-state index is 0.194. The number of aryl methyl sites for hydroxylation is 1. The summed E-state index contributed by atoms with van der Waals surface area (Å²) in [6.07, 6.45) is 2.69. The van der Waals surface area contributed by atoms with Gasteiger partial charge < -0.3 is 5.11 Å². The molecule has 0 bridgehead atoms. The van der Waals surface area contributed by atoms with Gasteiger partial charge in [0.15, 0.2) is 5.69 Å². The van der Waals surface area contributed by atoms with Gasteiger partial charge in [0.05, 0.1) is 5.69 Å². The van der Waals surface area contributed by atoms with Gasteiger partial charge in [0.25, 0.3) is 0 Å². The van der Waals surface area contributed by atoms with Gasteiger partial charge in [-0.2, -0.15) is 5.10 Å². The molecule has 0 saturated carbocycles. The van der Waals surface area contributed by atoms with Gasteiger partial charge in [-0.1, -0.05) is 6.07 Å². The molecule has 0 fully saturated rings. The zero-order valence-electron chi connectivity index (χ0n) is 10.5. The molecule has 0 amide bonds. The maximum atomic E-state index is 11.3. The van der Waals surface area contributed by atoms with Crippen LogP contribution in [-0.4, -0.2) is 20.9 Å². The average molecular weight is 321 g/mol. The first-order chi connectivity index (χ1) is 9.08. The second-order valence-electron chi connectivity index (χ2n) is 4.80. The Morgan fingerprint density at radius 1 is 1.42 bits per heavy atom. The van der Waals surface area contributed by atoms with Crippen molar-refractivity contribution in [3.8, 4) is 5.69 Å². The van der Waals surface area contributed by atoms with Crippen LogP contribution in [-0.2, 0) is 12.8 Å². The minimum atomic E-state index is -0.944. The Hall–Kier alpha value is -1.62. The predicted molar refractivity (Wildman–Crippen MR) is 75.0 cm³/mol. The number of halogens is 1. The van der Waals surface area contributed by atoms with E-state index in [1.165, 1.54) is 0 Å². The topological polar surface area (TPSA) is 55.1 Å². The third-order valence-electron chi connectivity index (χ3n) is 3.46. The number of hydrogen-bond acceptors (Lipinski definition) is 2. The molecule has 0 spiro atoms. The van der Waals surface area contributed by atoms with Gasteiger partial charge >= 0.3 is 5.97 Å². The average Bonchev–Trinajstić information content (AvgIpc) is 2.90. The van der Waals surface area contributed by atoms with Crippen molar-refractivity contribution in [2.75, 3.05) is 0 Å².